The predicted molar refractivity (Wildman–Crippen MR) is 107 cm³/mol. The molecule has 10 radical (unpaired) electrons. The molecule has 0 saturated heterocycles. The number of nitrogens with zero attached hydrogens (tertiary/aromatic N) is 1. The Balaban J connectivity index is 0.000000379. The topological polar surface area (TPSA) is 30.0 Å². The number of ketones is 1. The van der Waals surface area contributed by atoms with Gasteiger partial charge in [0, 0.05) is 10.9 Å². The largest absolute Gasteiger partial charge is 2.00 e. The summed E-state index contributed by atoms with van der Waals surface area (Å²) in [5.41, 5.74) is 2.76. The van der Waals surface area contributed by atoms with Crippen LogP contribution in [0.3, 0.4) is 0 Å². The second-order valence-corrected chi connectivity index (χ2v) is 6.26. The van der Waals surface area contributed by atoms with Gasteiger partial charge in [-0.3, -0.25) is 4.79 Å². The van der Waals surface area contributed by atoms with E-state index >= 15 is 0 Å². The van der Waals surface area contributed by atoms with Crippen LogP contribution in [0, 0.1) is 70.6 Å². The van der Waals surface area contributed by atoms with Gasteiger partial charge in [0.25, 0.3) is 0 Å². The number of pyridine rings is 1. The summed E-state index contributed by atoms with van der Waals surface area (Å²) in [6.45, 7) is 2.03. The third kappa shape index (κ3) is 6.45. The fourth-order valence-electron chi connectivity index (χ4n) is 2.53. The fourth-order valence-corrected chi connectivity index (χ4v) is 2.73. The molecule has 2 aromatic rings. The number of fused-ring (bicyclic) bond motifs is 1. The van der Waals surface area contributed by atoms with E-state index in [9.17, 15) is 4.79 Å². The SMILES string of the molecule is Cc1ccc2nc(Cl)c(/C=C/C(=O)[C]3[CH][CH][CH][CH]3)cc2c1.[CH]1[CH][CH][CH][CH]1.[Fe+2]. The summed E-state index contributed by atoms with van der Waals surface area (Å²) in [6.07, 6.45) is 20.5. The van der Waals surface area contributed by atoms with E-state index in [1.807, 2.05) is 70.1 Å². The Morgan fingerprint density at radius 1 is 0.963 bits per heavy atom. The molecule has 2 aliphatic rings. The number of carbonyl (C=O) groups excluding carboxylic acids is 1. The molecular formula is C23H18ClFeNO+2. The van der Waals surface area contributed by atoms with Crippen LogP contribution in [-0.2, 0) is 21.9 Å². The maximum Gasteiger partial charge on any atom is 2.00 e. The summed E-state index contributed by atoms with van der Waals surface area (Å²) in [7, 11) is 0. The first-order valence-corrected chi connectivity index (χ1v) is 8.69. The van der Waals surface area contributed by atoms with Crippen molar-refractivity contribution in [2.75, 3.05) is 0 Å². The number of carbonyl (C=O) groups is 1. The molecule has 2 fully saturated rings. The van der Waals surface area contributed by atoms with Crippen molar-refractivity contribution in [1.82, 2.24) is 4.98 Å². The molecule has 1 aromatic carbocycles. The monoisotopic (exact) mass is 415 g/mol. The first kappa shape index (κ1) is 22.1. The summed E-state index contributed by atoms with van der Waals surface area (Å²) >= 11 is 6.18. The number of hydrogen-bond acceptors (Lipinski definition) is 2. The van der Waals surface area contributed by atoms with E-state index in [1.165, 1.54) is 6.08 Å². The quantitative estimate of drug-likeness (QED) is 0.392. The Bertz CT molecular complexity index is 785. The van der Waals surface area contributed by atoms with E-state index in [-0.39, 0.29) is 22.9 Å². The Hall–Kier alpha value is -1.15. The van der Waals surface area contributed by atoms with Gasteiger partial charge in [-0.2, -0.15) is 0 Å². The molecule has 0 unspecified atom stereocenters. The van der Waals surface area contributed by atoms with Crippen molar-refractivity contribution in [2.24, 2.45) is 0 Å². The summed E-state index contributed by atoms with van der Waals surface area (Å²) in [4.78, 5) is 16.3. The first-order valence-electron chi connectivity index (χ1n) is 8.31. The molecule has 0 atom stereocenters. The second-order valence-electron chi connectivity index (χ2n) is 5.90. The van der Waals surface area contributed by atoms with Crippen molar-refractivity contribution < 1.29 is 21.9 Å². The molecule has 1 aromatic heterocycles. The van der Waals surface area contributed by atoms with Crippen LogP contribution in [0.5, 0.6) is 0 Å². The smallest absolute Gasteiger partial charge is 0.294 e. The molecule has 4 heteroatoms. The Morgan fingerprint density at radius 3 is 2.22 bits per heavy atom. The molecule has 0 spiro atoms. The van der Waals surface area contributed by atoms with Crippen LogP contribution < -0.4 is 0 Å². The zero-order chi connectivity index (χ0) is 18.4. The van der Waals surface area contributed by atoms with Crippen LogP contribution in [0.25, 0.3) is 17.0 Å². The molecule has 2 nitrogen and oxygen atoms in total. The molecule has 0 N–H and O–H groups in total. The molecule has 4 rings (SSSR count). The Morgan fingerprint density at radius 2 is 1.59 bits per heavy atom. The standard InChI is InChI=1S/C18H13ClNO.C5H5.Fe/c1-12-6-8-16-15(10-12)11-14(18(19)20-16)7-9-17(21)13-4-2-3-5-13;1-2-4-5-3-1;/h2-11H,1H3;1-5H;/q;;+2/b9-7+;;. The number of hydrogen-bond donors (Lipinski definition) is 0. The van der Waals surface area contributed by atoms with Crippen molar-refractivity contribution in [3.63, 3.8) is 0 Å². The molecule has 0 aliphatic heterocycles. The first-order chi connectivity index (χ1) is 12.6. The normalized spacial score (nSPS) is 17.0. The summed E-state index contributed by atoms with van der Waals surface area (Å²) < 4.78 is 0. The molecule has 1 heterocycles. The number of halogens is 1. The van der Waals surface area contributed by atoms with Crippen molar-refractivity contribution >= 4 is 34.4 Å². The number of allylic oxidation sites excluding steroid dienone is 1. The van der Waals surface area contributed by atoms with E-state index in [1.54, 1.807) is 18.9 Å². The van der Waals surface area contributed by atoms with Gasteiger partial charge in [0.15, 0.2) is 5.78 Å². The van der Waals surface area contributed by atoms with Gasteiger partial charge in [-0.15, -0.1) is 0 Å². The van der Waals surface area contributed by atoms with Gasteiger partial charge in [-0.1, -0.05) is 23.2 Å². The second kappa shape index (κ2) is 11.0. The molecule has 0 bridgehead atoms. The van der Waals surface area contributed by atoms with Gasteiger partial charge < -0.3 is 0 Å². The molecule has 0 amide bonds. The van der Waals surface area contributed by atoms with Gasteiger partial charge in [-0.25, -0.2) is 4.98 Å². The zero-order valence-electron chi connectivity index (χ0n) is 14.7. The van der Waals surface area contributed by atoms with E-state index < -0.39 is 0 Å². The minimum atomic E-state index is -0.0413. The molecule has 2 saturated carbocycles. The Labute approximate surface area is 178 Å². The van der Waals surface area contributed by atoms with Crippen molar-refractivity contribution in [3.8, 4) is 0 Å². The average Bonchev–Trinajstić information content (AvgIpc) is 3.35. The number of benzene rings is 1. The van der Waals surface area contributed by atoms with E-state index in [2.05, 4.69) is 11.1 Å². The summed E-state index contributed by atoms with van der Waals surface area (Å²) in [6, 6.07) is 7.95. The zero-order valence-corrected chi connectivity index (χ0v) is 16.6. The average molecular weight is 416 g/mol. The van der Waals surface area contributed by atoms with Crippen LogP contribution in [0.1, 0.15) is 11.1 Å². The third-order valence-corrected chi connectivity index (χ3v) is 4.17. The molecule has 134 valence electrons. The van der Waals surface area contributed by atoms with Crippen molar-refractivity contribution in [3.05, 3.63) is 110 Å². The third-order valence-electron chi connectivity index (χ3n) is 3.87. The molecule has 27 heavy (non-hydrogen) atoms. The minimum Gasteiger partial charge on any atom is -0.294 e. The molecule has 2 aliphatic carbocycles. The van der Waals surface area contributed by atoms with Crippen LogP contribution in [0.2, 0.25) is 5.15 Å². The fraction of sp³-hybridized carbons (Fsp3) is 0.0435. The summed E-state index contributed by atoms with van der Waals surface area (Å²) in [5.74, 6) is 0.632. The van der Waals surface area contributed by atoms with Gasteiger partial charge in [0.05, 0.1) is 11.4 Å². The van der Waals surface area contributed by atoms with Crippen LogP contribution in [0.15, 0.2) is 30.3 Å². The van der Waals surface area contributed by atoms with Gasteiger partial charge in [0.1, 0.15) is 5.15 Å². The van der Waals surface area contributed by atoms with Gasteiger partial charge >= 0.3 is 17.1 Å². The minimum absolute atomic E-state index is 0. The maximum absolute atomic E-state index is 12.0. The van der Waals surface area contributed by atoms with Gasteiger partial charge in [-0.05, 0) is 95.1 Å². The van der Waals surface area contributed by atoms with Crippen molar-refractivity contribution in [1.29, 1.82) is 0 Å². The van der Waals surface area contributed by atoms with Crippen LogP contribution >= 0.6 is 11.6 Å². The van der Waals surface area contributed by atoms with Crippen molar-refractivity contribution in [2.45, 2.75) is 6.92 Å². The van der Waals surface area contributed by atoms with E-state index in [0.717, 1.165) is 22.0 Å². The Kier molecular flexibility index (Phi) is 9.02. The summed E-state index contributed by atoms with van der Waals surface area (Å²) in [5, 5.41) is 1.41. The number of rotatable bonds is 3. The predicted octanol–water partition coefficient (Wildman–Crippen LogP) is 5.20. The molecular weight excluding hydrogens is 398 g/mol. The van der Waals surface area contributed by atoms with Gasteiger partial charge in [0.2, 0.25) is 0 Å². The van der Waals surface area contributed by atoms with Crippen LogP contribution in [0.4, 0.5) is 0 Å². The number of aryl methyl sites for hydroxylation is 1. The van der Waals surface area contributed by atoms with E-state index in [4.69, 9.17) is 11.6 Å². The van der Waals surface area contributed by atoms with E-state index in [0.29, 0.717) is 11.1 Å². The number of aromatic nitrogens is 1. The maximum atomic E-state index is 12.0. The van der Waals surface area contributed by atoms with Crippen LogP contribution in [-0.4, -0.2) is 10.8 Å².